The Bertz CT molecular complexity index is 1710. The minimum atomic E-state index is -1.02. The number of hydrogen-bond acceptors (Lipinski definition) is 12. The number of aromatic amines is 1. The lowest BCUT2D eigenvalue weighted by atomic mass is 10.1. The Balaban J connectivity index is 1.54. The Morgan fingerprint density at radius 1 is 0.953 bits per heavy atom. The van der Waals surface area contributed by atoms with Crippen molar-refractivity contribution in [2.75, 3.05) is 25.1 Å². The number of anilines is 1. The summed E-state index contributed by atoms with van der Waals surface area (Å²) in [6.45, 7) is 4.91. The van der Waals surface area contributed by atoms with Gasteiger partial charge in [-0.15, -0.1) is 0 Å². The van der Waals surface area contributed by atoms with Crippen LogP contribution in [-0.2, 0) is 20.8 Å². The third-order valence-corrected chi connectivity index (χ3v) is 5.65. The van der Waals surface area contributed by atoms with Crippen molar-refractivity contribution < 1.29 is 42.6 Å². The molecule has 0 bridgehead atoms. The van der Waals surface area contributed by atoms with Crippen LogP contribution in [0.15, 0.2) is 36.5 Å². The number of nitrogens with zero attached hydrogens (tertiary/aromatic N) is 4. The maximum absolute atomic E-state index is 14.4. The van der Waals surface area contributed by atoms with Gasteiger partial charge in [0.25, 0.3) is 5.69 Å². The van der Waals surface area contributed by atoms with Crippen molar-refractivity contribution >= 4 is 40.4 Å². The van der Waals surface area contributed by atoms with E-state index in [-0.39, 0.29) is 83.1 Å². The summed E-state index contributed by atoms with van der Waals surface area (Å²) in [6.07, 6.45) is 0.343. The van der Waals surface area contributed by atoms with Gasteiger partial charge in [0.1, 0.15) is 18.2 Å². The number of amides is 1. The third kappa shape index (κ3) is 6.98. The summed E-state index contributed by atoms with van der Waals surface area (Å²) in [5.41, 5.74) is -0.380. The number of imidazole rings is 1. The molecule has 2 aromatic carbocycles. The zero-order valence-corrected chi connectivity index (χ0v) is 23.1. The van der Waals surface area contributed by atoms with Crippen LogP contribution in [0.4, 0.5) is 20.6 Å². The number of aromatic nitrogens is 4. The van der Waals surface area contributed by atoms with E-state index in [4.69, 9.17) is 18.9 Å². The number of nitro benzene ring substituents is 1. The average Bonchev–Trinajstić information content (AvgIpc) is 3.45. The molecule has 0 atom stereocenters. The second kappa shape index (κ2) is 13.3. The molecule has 16 heteroatoms. The fourth-order valence-electron chi connectivity index (χ4n) is 3.80. The van der Waals surface area contributed by atoms with Crippen LogP contribution in [0.5, 0.6) is 5.88 Å². The Hall–Kier alpha value is -5.67. The van der Waals surface area contributed by atoms with Gasteiger partial charge in [-0.3, -0.25) is 15.4 Å². The average molecular weight is 597 g/mol. The summed E-state index contributed by atoms with van der Waals surface area (Å²) in [5.74, 6) is -2.44. The molecule has 0 aliphatic rings. The van der Waals surface area contributed by atoms with Gasteiger partial charge >= 0.3 is 18.0 Å². The molecule has 224 valence electrons. The van der Waals surface area contributed by atoms with E-state index in [1.54, 1.807) is 20.8 Å². The molecule has 2 heterocycles. The lowest BCUT2D eigenvalue weighted by Gasteiger charge is -2.10. The number of H-pyrrole nitrogens is 1. The van der Waals surface area contributed by atoms with Gasteiger partial charge in [-0.2, -0.15) is 0 Å². The molecule has 0 fully saturated rings. The zero-order valence-electron chi connectivity index (χ0n) is 23.1. The molecule has 0 saturated heterocycles. The Labute approximate surface area is 242 Å². The van der Waals surface area contributed by atoms with Crippen molar-refractivity contribution in [3.8, 4) is 17.3 Å². The summed E-state index contributed by atoms with van der Waals surface area (Å²) in [4.78, 5) is 63.2. The fourth-order valence-corrected chi connectivity index (χ4v) is 3.80. The maximum Gasteiger partial charge on any atom is 0.412 e. The molecule has 4 aromatic rings. The summed E-state index contributed by atoms with van der Waals surface area (Å²) in [6, 6.07) is 5.88. The molecule has 0 spiro atoms. The van der Waals surface area contributed by atoms with Gasteiger partial charge in [0.2, 0.25) is 11.6 Å². The minimum absolute atomic E-state index is 0.0187. The molecule has 1 amide bonds. The summed E-state index contributed by atoms with van der Waals surface area (Å²) < 4.78 is 34.7. The van der Waals surface area contributed by atoms with Gasteiger partial charge in [-0.1, -0.05) is 0 Å². The van der Waals surface area contributed by atoms with Gasteiger partial charge in [0, 0.05) is 12.3 Å². The van der Waals surface area contributed by atoms with Gasteiger partial charge in [-0.25, -0.2) is 33.7 Å². The van der Waals surface area contributed by atoms with E-state index in [1.165, 1.54) is 30.5 Å². The van der Waals surface area contributed by atoms with E-state index in [0.717, 1.165) is 6.07 Å². The highest BCUT2D eigenvalue weighted by molar-refractivity contribution is 5.94. The van der Waals surface area contributed by atoms with Crippen LogP contribution in [0.25, 0.3) is 22.4 Å². The van der Waals surface area contributed by atoms with E-state index >= 15 is 0 Å². The minimum Gasteiger partial charge on any atom is -0.476 e. The highest BCUT2D eigenvalue weighted by Gasteiger charge is 2.25. The molecule has 0 saturated carbocycles. The highest BCUT2D eigenvalue weighted by atomic mass is 19.1. The van der Waals surface area contributed by atoms with Gasteiger partial charge in [0.15, 0.2) is 0 Å². The standard InChI is InChI=1S/C27H25FN6O9/c1-4-40-24-22(26(36)42-6-3)31-19-10-16(21(34(38)39)11-20(19)32-24)23-29-12-15(30-23)13-43-27(37)33-18-8-7-14(9-17(18)28)25(35)41-5-2/h7-12H,4-6,13H2,1-3H3,(H,29,30)(H,33,37). The molecule has 43 heavy (non-hydrogen) atoms. The van der Waals surface area contributed by atoms with Crippen LogP contribution in [-0.4, -0.2) is 62.7 Å². The van der Waals surface area contributed by atoms with Crippen molar-refractivity contribution in [3.63, 3.8) is 0 Å². The first-order valence-electron chi connectivity index (χ1n) is 12.9. The number of carbonyl (C=O) groups is 3. The number of benzene rings is 2. The number of rotatable bonds is 11. The fraction of sp³-hybridized carbons (Fsp3) is 0.259. The quantitative estimate of drug-likeness (QED) is 0.106. The van der Waals surface area contributed by atoms with Crippen molar-refractivity contribution in [1.29, 1.82) is 0 Å². The van der Waals surface area contributed by atoms with Crippen LogP contribution in [0.2, 0.25) is 0 Å². The number of halogens is 1. The predicted molar refractivity (Wildman–Crippen MR) is 147 cm³/mol. The van der Waals surface area contributed by atoms with Crippen LogP contribution >= 0.6 is 0 Å². The number of carbonyl (C=O) groups excluding carboxylic acids is 3. The van der Waals surface area contributed by atoms with E-state index in [1.807, 2.05) is 0 Å². The van der Waals surface area contributed by atoms with E-state index in [0.29, 0.717) is 0 Å². The molecular formula is C27H25FN6O9. The number of nitro groups is 1. The first-order valence-corrected chi connectivity index (χ1v) is 12.9. The molecular weight excluding hydrogens is 571 g/mol. The molecule has 0 unspecified atom stereocenters. The first kappa shape index (κ1) is 30.3. The predicted octanol–water partition coefficient (Wildman–Crippen LogP) is 4.57. The third-order valence-electron chi connectivity index (χ3n) is 5.65. The summed E-state index contributed by atoms with van der Waals surface area (Å²) in [5, 5.41) is 14.1. The Morgan fingerprint density at radius 2 is 1.67 bits per heavy atom. The normalized spacial score (nSPS) is 10.7. The first-order chi connectivity index (χ1) is 20.6. The largest absolute Gasteiger partial charge is 0.476 e. The number of ether oxygens (including phenoxy) is 4. The second-order valence-corrected chi connectivity index (χ2v) is 8.50. The topological polar surface area (TPSA) is 198 Å². The SMILES string of the molecule is CCOC(=O)c1ccc(NC(=O)OCc2c[nH]c(-c3cc4nc(C(=O)OCC)c(OCC)nc4cc3[N+](=O)[O-])n2)c(F)c1. The van der Waals surface area contributed by atoms with Crippen molar-refractivity contribution in [3.05, 3.63) is 69.4 Å². The number of hydrogen-bond donors (Lipinski definition) is 2. The van der Waals surface area contributed by atoms with Crippen LogP contribution in [0, 0.1) is 15.9 Å². The van der Waals surface area contributed by atoms with E-state index in [9.17, 15) is 28.9 Å². The number of nitrogens with one attached hydrogen (secondary N) is 2. The molecule has 15 nitrogen and oxygen atoms in total. The molecule has 0 aliphatic heterocycles. The van der Waals surface area contributed by atoms with Crippen molar-refractivity contribution in [2.24, 2.45) is 0 Å². The Kier molecular flexibility index (Phi) is 9.39. The lowest BCUT2D eigenvalue weighted by molar-refractivity contribution is -0.384. The zero-order chi connectivity index (χ0) is 31.1. The van der Waals surface area contributed by atoms with Crippen LogP contribution < -0.4 is 10.1 Å². The molecule has 2 N–H and O–H groups in total. The Morgan fingerprint density at radius 3 is 2.35 bits per heavy atom. The molecule has 0 radical (unpaired) electrons. The monoisotopic (exact) mass is 596 g/mol. The van der Waals surface area contributed by atoms with Crippen molar-refractivity contribution in [1.82, 2.24) is 19.9 Å². The summed E-state index contributed by atoms with van der Waals surface area (Å²) in [7, 11) is 0. The van der Waals surface area contributed by atoms with Gasteiger partial charge < -0.3 is 23.9 Å². The number of fused-ring (bicyclic) bond motifs is 1. The smallest absolute Gasteiger partial charge is 0.412 e. The maximum atomic E-state index is 14.4. The molecule has 4 rings (SSSR count). The van der Waals surface area contributed by atoms with Crippen LogP contribution in [0.3, 0.4) is 0 Å². The molecule has 2 aromatic heterocycles. The lowest BCUT2D eigenvalue weighted by Crippen LogP contribution is -2.15. The van der Waals surface area contributed by atoms with Gasteiger partial charge in [-0.05, 0) is 45.0 Å². The van der Waals surface area contributed by atoms with Crippen LogP contribution in [0.1, 0.15) is 47.3 Å². The second-order valence-electron chi connectivity index (χ2n) is 8.50. The van der Waals surface area contributed by atoms with E-state index < -0.39 is 28.8 Å². The van der Waals surface area contributed by atoms with Crippen molar-refractivity contribution in [2.45, 2.75) is 27.4 Å². The molecule has 0 aliphatic carbocycles. The summed E-state index contributed by atoms with van der Waals surface area (Å²) >= 11 is 0. The van der Waals surface area contributed by atoms with Gasteiger partial charge in [0.05, 0.1) is 58.3 Å². The number of esters is 2. The van der Waals surface area contributed by atoms with E-state index in [2.05, 4.69) is 25.3 Å². The highest BCUT2D eigenvalue weighted by Crippen LogP contribution is 2.33.